The van der Waals surface area contributed by atoms with Gasteiger partial charge in [0.2, 0.25) is 5.76 Å². The molecule has 1 amide bonds. The van der Waals surface area contributed by atoms with Crippen LogP contribution in [0.15, 0.2) is 41.1 Å². The molecule has 136 valence electrons. The Morgan fingerprint density at radius 3 is 3.00 bits per heavy atom. The number of aliphatic hydroxyl groups excluding tert-OH is 1. The Kier molecular flexibility index (Phi) is 5.69. The molecule has 0 radical (unpaired) electrons. The van der Waals surface area contributed by atoms with Crippen LogP contribution in [0.3, 0.4) is 0 Å². The summed E-state index contributed by atoms with van der Waals surface area (Å²) in [6.45, 7) is 1.44. The maximum Gasteiger partial charge on any atom is 0.312 e. The van der Waals surface area contributed by atoms with Crippen LogP contribution >= 0.6 is 22.6 Å². The third kappa shape index (κ3) is 4.11. The van der Waals surface area contributed by atoms with Crippen molar-refractivity contribution < 1.29 is 23.5 Å². The van der Waals surface area contributed by atoms with E-state index in [4.69, 9.17) is 9.25 Å². The molecule has 26 heavy (non-hydrogen) atoms. The molecular formula is C17H15FIN3O4. The number of pyridine rings is 1. The third-order valence-corrected chi connectivity index (χ3v) is 4.05. The summed E-state index contributed by atoms with van der Waals surface area (Å²) in [6, 6.07) is 6.27. The number of nitrogens with zero attached hydrogens (tertiary/aromatic N) is 1. The molecule has 0 spiro atoms. The maximum absolute atomic E-state index is 14.2. The average Bonchev–Trinajstić information content (AvgIpc) is 2.96. The van der Waals surface area contributed by atoms with Crippen LogP contribution in [-0.4, -0.2) is 28.7 Å². The van der Waals surface area contributed by atoms with Crippen LogP contribution in [0.4, 0.5) is 15.8 Å². The van der Waals surface area contributed by atoms with Gasteiger partial charge in [0.25, 0.3) is 0 Å². The molecule has 0 unspecified atom stereocenters. The third-order valence-electron chi connectivity index (χ3n) is 3.38. The number of hydrogen-bond acceptors (Lipinski definition) is 6. The van der Waals surface area contributed by atoms with Crippen LogP contribution in [0, 0.1) is 9.39 Å². The predicted molar refractivity (Wildman–Crippen MR) is 102 cm³/mol. The zero-order chi connectivity index (χ0) is 18.7. The molecule has 3 aromatic rings. The second kappa shape index (κ2) is 7.98. The van der Waals surface area contributed by atoms with Gasteiger partial charge in [0.1, 0.15) is 23.7 Å². The molecular weight excluding hydrogens is 456 g/mol. The molecule has 0 aliphatic carbocycles. The number of halogens is 2. The highest BCUT2D eigenvalue weighted by Crippen LogP contribution is 2.33. The van der Waals surface area contributed by atoms with Gasteiger partial charge in [0.15, 0.2) is 0 Å². The van der Waals surface area contributed by atoms with Gasteiger partial charge < -0.3 is 14.8 Å². The number of hydrogen-bond donors (Lipinski definition) is 3. The van der Waals surface area contributed by atoms with E-state index in [-0.39, 0.29) is 23.7 Å². The van der Waals surface area contributed by atoms with E-state index in [1.54, 1.807) is 18.2 Å². The molecule has 0 saturated heterocycles. The van der Waals surface area contributed by atoms with Crippen molar-refractivity contribution in [2.75, 3.05) is 11.9 Å². The molecule has 0 aliphatic rings. The molecule has 1 aromatic carbocycles. The Balaban J connectivity index is 1.95. The summed E-state index contributed by atoms with van der Waals surface area (Å²) < 4.78 is 20.5. The van der Waals surface area contributed by atoms with Crippen molar-refractivity contribution in [2.45, 2.75) is 13.0 Å². The minimum absolute atomic E-state index is 0.0813. The molecule has 7 nitrogen and oxygen atoms in total. The number of benzene rings is 1. The topological polar surface area (TPSA) is 96.6 Å². The van der Waals surface area contributed by atoms with Crippen LogP contribution in [0.25, 0.3) is 11.0 Å². The largest absolute Gasteiger partial charge is 0.448 e. The highest BCUT2D eigenvalue weighted by atomic mass is 127. The summed E-state index contributed by atoms with van der Waals surface area (Å²) in [7, 11) is 0. The minimum atomic E-state index is -0.742. The van der Waals surface area contributed by atoms with Crippen molar-refractivity contribution in [3.05, 3.63) is 51.8 Å². The zero-order valence-corrected chi connectivity index (χ0v) is 15.8. The average molecular weight is 471 g/mol. The fourth-order valence-corrected chi connectivity index (χ4v) is 2.68. The summed E-state index contributed by atoms with van der Waals surface area (Å²) in [4.78, 5) is 21.3. The molecule has 0 bridgehead atoms. The number of carbonyl (C=O) groups is 1. The van der Waals surface area contributed by atoms with Gasteiger partial charge in [-0.25, -0.2) is 9.87 Å². The van der Waals surface area contributed by atoms with E-state index in [1.165, 1.54) is 25.4 Å². The number of aliphatic hydroxyl groups is 1. The van der Waals surface area contributed by atoms with Crippen LogP contribution < -0.4 is 10.8 Å². The van der Waals surface area contributed by atoms with Crippen molar-refractivity contribution in [3.8, 4) is 0 Å². The van der Waals surface area contributed by atoms with E-state index < -0.39 is 17.8 Å². The SMILES string of the molecule is C[C@H](O)CONC(=O)c1oc2ccncc2c1Nc1ccc(I)cc1F. The quantitative estimate of drug-likeness (QED) is 0.377. The molecule has 1 atom stereocenters. The lowest BCUT2D eigenvalue weighted by Crippen LogP contribution is -2.27. The minimum Gasteiger partial charge on any atom is -0.448 e. The molecule has 3 N–H and O–H groups in total. The summed E-state index contributed by atoms with van der Waals surface area (Å²) in [5, 5.41) is 12.6. The molecule has 2 aromatic heterocycles. The van der Waals surface area contributed by atoms with Crippen LogP contribution in [-0.2, 0) is 4.84 Å². The highest BCUT2D eigenvalue weighted by molar-refractivity contribution is 14.1. The summed E-state index contributed by atoms with van der Waals surface area (Å²) in [5.41, 5.74) is 3.06. The van der Waals surface area contributed by atoms with E-state index in [9.17, 15) is 14.3 Å². The summed E-state index contributed by atoms with van der Waals surface area (Å²) in [6.07, 6.45) is 2.29. The van der Waals surface area contributed by atoms with E-state index in [1.807, 2.05) is 22.6 Å². The molecule has 0 saturated carbocycles. The van der Waals surface area contributed by atoms with Gasteiger partial charge in [0, 0.05) is 16.0 Å². The van der Waals surface area contributed by atoms with Gasteiger partial charge in [-0.2, -0.15) is 0 Å². The standard InChI is InChI=1S/C17H15FIN3O4/c1-9(23)8-25-22-17(24)16-15(11-7-20-5-4-14(11)26-16)21-13-3-2-10(19)6-12(13)18/h2-7,9,21,23H,8H2,1H3,(H,22,24)/t9-/m0/s1. The van der Waals surface area contributed by atoms with Gasteiger partial charge in [0.05, 0.1) is 17.2 Å². The van der Waals surface area contributed by atoms with Crippen molar-refractivity contribution in [1.82, 2.24) is 10.5 Å². The highest BCUT2D eigenvalue weighted by Gasteiger charge is 2.22. The van der Waals surface area contributed by atoms with Gasteiger partial charge in [-0.3, -0.25) is 14.6 Å². The predicted octanol–water partition coefficient (Wildman–Crippen LogP) is 3.36. The van der Waals surface area contributed by atoms with Crippen molar-refractivity contribution in [3.63, 3.8) is 0 Å². The van der Waals surface area contributed by atoms with Crippen LogP contribution in [0.2, 0.25) is 0 Å². The van der Waals surface area contributed by atoms with Gasteiger partial charge in [-0.15, -0.1) is 0 Å². The fourth-order valence-electron chi connectivity index (χ4n) is 2.23. The van der Waals surface area contributed by atoms with E-state index in [0.29, 0.717) is 11.0 Å². The number of carbonyl (C=O) groups excluding carboxylic acids is 1. The van der Waals surface area contributed by atoms with Crippen LogP contribution in [0.1, 0.15) is 17.5 Å². The Morgan fingerprint density at radius 2 is 2.27 bits per heavy atom. The summed E-state index contributed by atoms with van der Waals surface area (Å²) in [5.74, 6) is -1.22. The molecule has 3 rings (SSSR count). The number of nitrogens with one attached hydrogen (secondary N) is 2. The Labute approximate surface area is 161 Å². The van der Waals surface area contributed by atoms with Crippen molar-refractivity contribution in [1.29, 1.82) is 0 Å². The normalized spacial score (nSPS) is 12.2. The van der Waals surface area contributed by atoms with Gasteiger partial charge in [-0.1, -0.05) is 0 Å². The lowest BCUT2D eigenvalue weighted by molar-refractivity contribution is -0.00799. The summed E-state index contributed by atoms with van der Waals surface area (Å²) >= 11 is 2.01. The lowest BCUT2D eigenvalue weighted by atomic mass is 10.2. The first-order chi connectivity index (χ1) is 12.5. The monoisotopic (exact) mass is 471 g/mol. The van der Waals surface area contributed by atoms with Gasteiger partial charge >= 0.3 is 5.91 Å². The number of fused-ring (bicyclic) bond motifs is 1. The fraction of sp³-hybridized carbons (Fsp3) is 0.176. The second-order valence-electron chi connectivity index (χ2n) is 5.52. The van der Waals surface area contributed by atoms with E-state index >= 15 is 0 Å². The number of furan rings is 1. The van der Waals surface area contributed by atoms with Crippen molar-refractivity contribution in [2.24, 2.45) is 0 Å². The molecule has 9 heteroatoms. The van der Waals surface area contributed by atoms with E-state index in [2.05, 4.69) is 15.8 Å². The van der Waals surface area contributed by atoms with Crippen LogP contribution in [0.5, 0.6) is 0 Å². The Morgan fingerprint density at radius 1 is 1.46 bits per heavy atom. The van der Waals surface area contributed by atoms with Gasteiger partial charge in [-0.05, 0) is 53.8 Å². The van der Waals surface area contributed by atoms with E-state index in [0.717, 1.165) is 3.57 Å². The number of aromatic nitrogens is 1. The first-order valence-electron chi connectivity index (χ1n) is 7.64. The second-order valence-corrected chi connectivity index (χ2v) is 6.76. The number of hydroxylamine groups is 1. The zero-order valence-electron chi connectivity index (χ0n) is 13.6. The maximum atomic E-state index is 14.2. The number of amides is 1. The Hall–Kier alpha value is -2.24. The molecule has 2 heterocycles. The molecule has 0 fully saturated rings. The first-order valence-corrected chi connectivity index (χ1v) is 8.72. The first kappa shape index (κ1) is 18.5. The van der Waals surface area contributed by atoms with Crippen molar-refractivity contribution >= 4 is 50.8 Å². The lowest BCUT2D eigenvalue weighted by Gasteiger charge is -2.10. The number of anilines is 2. The number of rotatable bonds is 6. The smallest absolute Gasteiger partial charge is 0.312 e. The Bertz CT molecular complexity index is 945. The molecule has 0 aliphatic heterocycles.